The Morgan fingerprint density at radius 2 is 0.778 bits per heavy atom. The summed E-state index contributed by atoms with van der Waals surface area (Å²) in [6.45, 7) is 6.82. The van der Waals surface area contributed by atoms with E-state index in [-0.39, 0.29) is 0 Å². The Kier molecular flexibility index (Phi) is 15.1. The van der Waals surface area contributed by atoms with Gasteiger partial charge in [0.2, 0.25) is 0 Å². The molecule has 0 unspecified atom stereocenters. The fourth-order valence-corrected chi connectivity index (χ4v) is 9.35. The molecule has 0 radical (unpaired) electrons. The molecule has 0 fully saturated rings. The van der Waals surface area contributed by atoms with Crippen molar-refractivity contribution < 1.29 is 0 Å². The highest BCUT2D eigenvalue weighted by Crippen LogP contribution is 2.40. The zero-order chi connectivity index (χ0) is 43.2. The molecule has 8 rings (SSSR count). The molecule has 0 heterocycles. The number of anilines is 4. The molecule has 0 saturated carbocycles. The molecule has 8 aromatic rings. The maximum absolute atomic E-state index is 3.72. The molecule has 2 N–H and O–H groups in total. The molecule has 0 aromatic heterocycles. The number of unbranched alkanes of at least 4 members (excludes halogenated alkanes) is 10. The van der Waals surface area contributed by atoms with Crippen molar-refractivity contribution in [3.05, 3.63) is 180 Å². The third-order valence-electron chi connectivity index (χ3n) is 12.8. The van der Waals surface area contributed by atoms with E-state index in [1.807, 2.05) is 0 Å². The van der Waals surface area contributed by atoms with Gasteiger partial charge in [-0.25, -0.2) is 0 Å². The lowest BCUT2D eigenvalue weighted by atomic mass is 9.88. The van der Waals surface area contributed by atoms with Crippen LogP contribution in [0, 0.1) is 6.92 Å². The van der Waals surface area contributed by atoms with Crippen LogP contribution in [0.5, 0.6) is 0 Å². The summed E-state index contributed by atoms with van der Waals surface area (Å²) in [5.41, 5.74) is 16.0. The monoisotopic (exact) mass is 827 g/mol. The van der Waals surface area contributed by atoms with Crippen molar-refractivity contribution in [2.45, 2.75) is 111 Å². The lowest BCUT2D eigenvalue weighted by Gasteiger charge is -2.16. The minimum atomic E-state index is 1.10. The minimum absolute atomic E-state index is 1.10. The summed E-state index contributed by atoms with van der Waals surface area (Å²) >= 11 is 0. The average Bonchev–Trinajstić information content (AvgIpc) is 3.31. The van der Waals surface area contributed by atoms with E-state index < -0.39 is 0 Å². The first-order valence-electron chi connectivity index (χ1n) is 24.0. The number of aryl methyl sites for hydroxylation is 3. The Hall–Kier alpha value is -6.12. The summed E-state index contributed by atoms with van der Waals surface area (Å²) in [7, 11) is 0. The Bertz CT molecular complexity index is 2740. The van der Waals surface area contributed by atoms with Gasteiger partial charge in [0.05, 0.1) is 0 Å². The molecule has 2 heteroatoms. The molecule has 0 saturated heterocycles. The lowest BCUT2D eigenvalue weighted by molar-refractivity contribution is 0.607. The summed E-state index contributed by atoms with van der Waals surface area (Å²) in [5.74, 6) is 0. The maximum atomic E-state index is 3.72. The number of hydrogen-bond donors (Lipinski definition) is 2. The Labute approximate surface area is 377 Å². The first kappa shape index (κ1) is 43.5. The van der Waals surface area contributed by atoms with Crippen LogP contribution in [0.4, 0.5) is 22.7 Å². The van der Waals surface area contributed by atoms with Gasteiger partial charge in [-0.2, -0.15) is 0 Å². The van der Waals surface area contributed by atoms with Crippen molar-refractivity contribution in [3.63, 3.8) is 0 Å². The van der Waals surface area contributed by atoms with Crippen LogP contribution in [-0.4, -0.2) is 0 Å². The normalized spacial score (nSPS) is 11.3. The second kappa shape index (κ2) is 21.8. The molecule has 0 aliphatic heterocycles. The third-order valence-corrected chi connectivity index (χ3v) is 12.8. The third kappa shape index (κ3) is 11.5. The van der Waals surface area contributed by atoms with Gasteiger partial charge in [0.25, 0.3) is 0 Å². The van der Waals surface area contributed by atoms with E-state index in [4.69, 9.17) is 0 Å². The average molecular weight is 827 g/mol. The molecule has 8 aromatic carbocycles. The van der Waals surface area contributed by atoms with Crippen LogP contribution in [0.15, 0.2) is 164 Å². The SMILES string of the molecule is CCCCCCCCc1cccc(Nc2cccc(-c3ccc4cccc(-c5c(C)ccc6ccc(-c7cccc(Nc8cccc(CCCCCCCC)c8)c7)cc56)c4c3)c2)c1. The Balaban J connectivity index is 1.03. The summed E-state index contributed by atoms with van der Waals surface area (Å²) in [6.07, 6.45) is 18.1. The minimum Gasteiger partial charge on any atom is -0.356 e. The summed E-state index contributed by atoms with van der Waals surface area (Å²) in [4.78, 5) is 0. The van der Waals surface area contributed by atoms with Crippen LogP contribution in [0.2, 0.25) is 0 Å². The molecule has 63 heavy (non-hydrogen) atoms. The standard InChI is InChI=1S/C61H66N2/c1-4-6-8-10-12-14-21-46-23-16-28-54(39-46)62-56-30-18-26-50(41-56)52-37-35-48-25-20-32-58(59(48)43-52)61-45(3)33-34-49-36-38-53(44-60(49)61)51-27-19-31-57(42-51)63-55-29-17-24-47(40-55)22-15-13-11-9-7-5-2/h16-20,23-44,62-63H,4-15,21-22H2,1-3H3. The van der Waals surface area contributed by atoms with Crippen LogP contribution in [0.3, 0.4) is 0 Å². The van der Waals surface area contributed by atoms with Gasteiger partial charge >= 0.3 is 0 Å². The zero-order valence-corrected chi connectivity index (χ0v) is 38.0. The van der Waals surface area contributed by atoms with Gasteiger partial charge in [-0.3, -0.25) is 0 Å². The molecule has 0 atom stereocenters. The number of nitrogens with one attached hydrogen (secondary N) is 2. The van der Waals surface area contributed by atoms with Gasteiger partial charge in [0.15, 0.2) is 0 Å². The van der Waals surface area contributed by atoms with Crippen LogP contribution >= 0.6 is 0 Å². The van der Waals surface area contributed by atoms with Crippen molar-refractivity contribution >= 4 is 44.3 Å². The molecule has 0 bridgehead atoms. The predicted molar refractivity (Wildman–Crippen MR) is 276 cm³/mol. The number of fused-ring (bicyclic) bond motifs is 2. The fourth-order valence-electron chi connectivity index (χ4n) is 9.35. The number of rotatable bonds is 21. The molecular weight excluding hydrogens is 761 g/mol. The first-order valence-corrected chi connectivity index (χ1v) is 24.0. The molecule has 0 aliphatic carbocycles. The smallest absolute Gasteiger partial charge is 0.0390 e. The fraction of sp³-hybridized carbons (Fsp3) is 0.279. The second-order valence-corrected chi connectivity index (χ2v) is 17.8. The van der Waals surface area contributed by atoms with E-state index in [9.17, 15) is 0 Å². The molecule has 320 valence electrons. The molecule has 0 aliphatic rings. The molecule has 0 amide bonds. The van der Waals surface area contributed by atoms with Gasteiger partial charge in [-0.15, -0.1) is 0 Å². The van der Waals surface area contributed by atoms with Crippen molar-refractivity contribution in [3.8, 4) is 33.4 Å². The second-order valence-electron chi connectivity index (χ2n) is 17.8. The highest BCUT2D eigenvalue weighted by molar-refractivity contribution is 6.08. The van der Waals surface area contributed by atoms with E-state index in [1.165, 1.54) is 149 Å². The Morgan fingerprint density at radius 3 is 1.33 bits per heavy atom. The number of hydrogen-bond acceptors (Lipinski definition) is 2. The summed E-state index contributed by atoms with van der Waals surface area (Å²) in [5, 5.41) is 12.5. The van der Waals surface area contributed by atoms with Gasteiger partial charge in [-0.1, -0.05) is 181 Å². The van der Waals surface area contributed by atoms with Gasteiger partial charge in [0, 0.05) is 22.7 Å². The summed E-state index contributed by atoms with van der Waals surface area (Å²) in [6, 6.07) is 60.9. The van der Waals surface area contributed by atoms with Crippen LogP contribution in [0.25, 0.3) is 54.9 Å². The largest absolute Gasteiger partial charge is 0.356 e. The lowest BCUT2D eigenvalue weighted by Crippen LogP contribution is -1.93. The zero-order valence-electron chi connectivity index (χ0n) is 38.0. The molecular formula is C61H66N2. The quantitative estimate of drug-likeness (QED) is 0.0705. The Morgan fingerprint density at radius 1 is 0.349 bits per heavy atom. The first-order chi connectivity index (χ1) is 31.0. The van der Waals surface area contributed by atoms with E-state index in [0.717, 1.165) is 35.6 Å². The van der Waals surface area contributed by atoms with Crippen molar-refractivity contribution in [2.75, 3.05) is 10.6 Å². The van der Waals surface area contributed by atoms with E-state index in [1.54, 1.807) is 0 Å². The van der Waals surface area contributed by atoms with Crippen LogP contribution in [-0.2, 0) is 12.8 Å². The van der Waals surface area contributed by atoms with Gasteiger partial charge in [0.1, 0.15) is 0 Å². The topological polar surface area (TPSA) is 24.1 Å². The molecule has 0 spiro atoms. The highest BCUT2D eigenvalue weighted by Gasteiger charge is 2.14. The number of benzene rings is 8. The van der Waals surface area contributed by atoms with Gasteiger partial charge in [-0.05, 0) is 165 Å². The molecule has 2 nitrogen and oxygen atoms in total. The van der Waals surface area contributed by atoms with Gasteiger partial charge < -0.3 is 10.6 Å². The van der Waals surface area contributed by atoms with Crippen LogP contribution < -0.4 is 10.6 Å². The van der Waals surface area contributed by atoms with E-state index in [2.05, 4.69) is 195 Å². The van der Waals surface area contributed by atoms with Crippen molar-refractivity contribution in [1.29, 1.82) is 0 Å². The van der Waals surface area contributed by atoms with E-state index >= 15 is 0 Å². The van der Waals surface area contributed by atoms with Crippen molar-refractivity contribution in [2.24, 2.45) is 0 Å². The summed E-state index contributed by atoms with van der Waals surface area (Å²) < 4.78 is 0. The van der Waals surface area contributed by atoms with E-state index in [0.29, 0.717) is 0 Å². The highest BCUT2D eigenvalue weighted by atomic mass is 14.9. The maximum Gasteiger partial charge on any atom is 0.0390 e. The van der Waals surface area contributed by atoms with Crippen LogP contribution in [0.1, 0.15) is 108 Å². The van der Waals surface area contributed by atoms with Crippen molar-refractivity contribution in [1.82, 2.24) is 0 Å². The predicted octanol–water partition coefficient (Wildman–Crippen LogP) is 18.6.